The van der Waals surface area contributed by atoms with E-state index in [1.807, 2.05) is 13.8 Å². The number of hydrogen-bond donors (Lipinski definition) is 4. The summed E-state index contributed by atoms with van der Waals surface area (Å²) >= 11 is 0. The van der Waals surface area contributed by atoms with Crippen molar-refractivity contribution < 1.29 is 33.3 Å². The first-order valence-electron chi connectivity index (χ1n) is 9.47. The van der Waals surface area contributed by atoms with Crippen molar-refractivity contribution in [3.05, 3.63) is 53.6 Å². The Hall–Kier alpha value is -2.43. The molecule has 2 rings (SSSR count). The molecular formula is C20H26F3N3O4. The summed E-state index contributed by atoms with van der Waals surface area (Å²) in [5.74, 6) is -1.03. The molecule has 1 heterocycles. The lowest BCUT2D eigenvalue weighted by Gasteiger charge is -2.26. The molecule has 0 aliphatic heterocycles. The van der Waals surface area contributed by atoms with Gasteiger partial charge in [0.1, 0.15) is 6.04 Å². The minimum Gasteiger partial charge on any atom is -0.480 e. The lowest BCUT2D eigenvalue weighted by atomic mass is 10.0. The molecule has 1 unspecified atom stereocenters. The molecule has 0 fully saturated rings. The first-order valence-corrected chi connectivity index (χ1v) is 9.47. The SMILES string of the molecule is CC(C)CC(N[C@@H](Cc1cncn1Cc1cccc(C(F)(F)F)c1)C(O)O)C(=O)O. The van der Waals surface area contributed by atoms with E-state index in [0.717, 1.165) is 12.1 Å². The summed E-state index contributed by atoms with van der Waals surface area (Å²) in [6.45, 7) is 3.81. The Morgan fingerprint density at radius 1 is 1.27 bits per heavy atom. The smallest absolute Gasteiger partial charge is 0.416 e. The van der Waals surface area contributed by atoms with E-state index in [1.54, 1.807) is 10.6 Å². The molecule has 2 atom stereocenters. The van der Waals surface area contributed by atoms with Crippen LogP contribution in [0.1, 0.15) is 37.1 Å². The molecule has 30 heavy (non-hydrogen) atoms. The number of hydrogen-bond acceptors (Lipinski definition) is 5. The molecule has 0 bridgehead atoms. The maximum Gasteiger partial charge on any atom is 0.416 e. The number of carboxylic acids is 1. The highest BCUT2D eigenvalue weighted by atomic mass is 19.4. The number of alkyl halides is 3. The fourth-order valence-corrected chi connectivity index (χ4v) is 3.15. The Labute approximate surface area is 172 Å². The normalized spacial score (nSPS) is 14.3. The minimum absolute atomic E-state index is 0.0263. The highest BCUT2D eigenvalue weighted by molar-refractivity contribution is 5.73. The number of aliphatic carboxylic acids is 1. The maximum absolute atomic E-state index is 12.9. The molecule has 1 aromatic carbocycles. The van der Waals surface area contributed by atoms with Crippen molar-refractivity contribution in [3.8, 4) is 0 Å². The highest BCUT2D eigenvalue weighted by Gasteiger charge is 2.30. The van der Waals surface area contributed by atoms with Crippen LogP contribution < -0.4 is 5.32 Å². The maximum atomic E-state index is 12.9. The standard InChI is InChI=1S/C20H26F3N3O4/c1-12(2)6-16(18(27)28)25-17(19(29)30)8-15-9-24-11-26(15)10-13-4-3-5-14(7-13)20(21,22)23/h3-5,7,9,11-12,16-17,19,25,29-30H,6,8,10H2,1-2H3,(H,27,28)/t16?,17-/m0/s1. The fraction of sp³-hybridized carbons (Fsp3) is 0.500. The fourth-order valence-electron chi connectivity index (χ4n) is 3.15. The van der Waals surface area contributed by atoms with Gasteiger partial charge in [-0.15, -0.1) is 0 Å². The van der Waals surface area contributed by atoms with E-state index in [2.05, 4.69) is 10.3 Å². The molecule has 10 heteroatoms. The first-order chi connectivity index (χ1) is 14.0. The van der Waals surface area contributed by atoms with Gasteiger partial charge in [0.05, 0.1) is 17.9 Å². The summed E-state index contributed by atoms with van der Waals surface area (Å²) in [4.78, 5) is 15.5. The summed E-state index contributed by atoms with van der Waals surface area (Å²) in [6.07, 6.45) is -3.08. The third kappa shape index (κ3) is 6.82. The number of halogens is 3. The number of carboxylic acid groups (broad SMARTS) is 1. The molecule has 0 spiro atoms. The van der Waals surface area contributed by atoms with Crippen LogP contribution in [-0.4, -0.2) is 49.2 Å². The van der Waals surface area contributed by atoms with E-state index in [-0.39, 0.29) is 18.9 Å². The highest BCUT2D eigenvalue weighted by Crippen LogP contribution is 2.29. The van der Waals surface area contributed by atoms with Crippen LogP contribution in [0, 0.1) is 5.92 Å². The van der Waals surface area contributed by atoms with Crippen molar-refractivity contribution in [1.82, 2.24) is 14.9 Å². The van der Waals surface area contributed by atoms with Crippen LogP contribution in [-0.2, 0) is 23.9 Å². The number of benzene rings is 1. The molecule has 4 N–H and O–H groups in total. The van der Waals surface area contributed by atoms with Crippen molar-refractivity contribution in [2.45, 2.75) is 57.8 Å². The summed E-state index contributed by atoms with van der Waals surface area (Å²) in [6, 6.07) is 2.93. The van der Waals surface area contributed by atoms with Crippen LogP contribution >= 0.6 is 0 Å². The Balaban J connectivity index is 2.17. The molecule has 0 saturated carbocycles. The number of rotatable bonds is 10. The molecule has 7 nitrogen and oxygen atoms in total. The molecule has 0 saturated heterocycles. The van der Waals surface area contributed by atoms with Gasteiger partial charge in [-0.3, -0.25) is 10.1 Å². The molecule has 166 valence electrons. The van der Waals surface area contributed by atoms with Gasteiger partial charge in [0.15, 0.2) is 6.29 Å². The van der Waals surface area contributed by atoms with Crippen LogP contribution in [0.2, 0.25) is 0 Å². The van der Waals surface area contributed by atoms with Crippen molar-refractivity contribution in [1.29, 1.82) is 0 Å². The van der Waals surface area contributed by atoms with Gasteiger partial charge in [0.25, 0.3) is 0 Å². The van der Waals surface area contributed by atoms with Crippen molar-refractivity contribution >= 4 is 5.97 Å². The van der Waals surface area contributed by atoms with Gasteiger partial charge in [-0.05, 0) is 30.0 Å². The van der Waals surface area contributed by atoms with E-state index in [1.165, 1.54) is 18.6 Å². The second-order valence-electron chi connectivity index (χ2n) is 7.62. The summed E-state index contributed by atoms with van der Waals surface area (Å²) in [7, 11) is 0. The predicted octanol–water partition coefficient (Wildman–Crippen LogP) is 2.26. The number of aliphatic hydroxyl groups excluding tert-OH is 1. The molecule has 0 radical (unpaired) electrons. The second kappa shape index (κ2) is 10.1. The van der Waals surface area contributed by atoms with Crippen LogP contribution in [0.5, 0.6) is 0 Å². The zero-order chi connectivity index (χ0) is 22.5. The Bertz CT molecular complexity index is 837. The lowest BCUT2D eigenvalue weighted by molar-refractivity contribution is -0.141. The Morgan fingerprint density at radius 2 is 1.97 bits per heavy atom. The molecule has 0 amide bonds. The number of imidazole rings is 1. The van der Waals surface area contributed by atoms with Crippen LogP contribution in [0.25, 0.3) is 0 Å². The van der Waals surface area contributed by atoms with E-state index in [0.29, 0.717) is 17.7 Å². The predicted molar refractivity (Wildman–Crippen MR) is 103 cm³/mol. The Morgan fingerprint density at radius 3 is 2.53 bits per heavy atom. The van der Waals surface area contributed by atoms with Crippen LogP contribution in [0.3, 0.4) is 0 Å². The van der Waals surface area contributed by atoms with Gasteiger partial charge in [0, 0.05) is 24.9 Å². The average Bonchev–Trinajstić information content (AvgIpc) is 3.06. The van der Waals surface area contributed by atoms with Gasteiger partial charge in [-0.25, -0.2) is 4.98 Å². The van der Waals surface area contributed by atoms with E-state index < -0.39 is 36.1 Å². The second-order valence-corrected chi connectivity index (χ2v) is 7.62. The van der Waals surface area contributed by atoms with Gasteiger partial charge in [0.2, 0.25) is 0 Å². The average molecular weight is 429 g/mol. The van der Waals surface area contributed by atoms with Gasteiger partial charge >= 0.3 is 12.1 Å². The zero-order valence-electron chi connectivity index (χ0n) is 16.7. The van der Waals surface area contributed by atoms with Crippen molar-refractivity contribution in [2.75, 3.05) is 0 Å². The number of aliphatic hydroxyl groups is 2. The third-order valence-corrected chi connectivity index (χ3v) is 4.62. The first kappa shape index (κ1) is 23.8. The van der Waals surface area contributed by atoms with Gasteiger partial charge in [-0.1, -0.05) is 26.0 Å². The summed E-state index contributed by atoms with van der Waals surface area (Å²) in [5.41, 5.74) is 0.165. The summed E-state index contributed by atoms with van der Waals surface area (Å²) in [5, 5.41) is 31.6. The van der Waals surface area contributed by atoms with Gasteiger partial charge < -0.3 is 19.9 Å². The number of aromatic nitrogens is 2. The van der Waals surface area contributed by atoms with Crippen molar-refractivity contribution in [3.63, 3.8) is 0 Å². The molecule has 0 aliphatic carbocycles. The number of nitrogens with one attached hydrogen (secondary N) is 1. The number of carbonyl (C=O) groups is 1. The van der Waals surface area contributed by atoms with Crippen LogP contribution in [0.15, 0.2) is 36.8 Å². The minimum atomic E-state index is -4.45. The van der Waals surface area contributed by atoms with E-state index in [4.69, 9.17) is 0 Å². The third-order valence-electron chi connectivity index (χ3n) is 4.62. The zero-order valence-corrected chi connectivity index (χ0v) is 16.7. The van der Waals surface area contributed by atoms with Crippen molar-refractivity contribution in [2.24, 2.45) is 5.92 Å². The van der Waals surface area contributed by atoms with Crippen LogP contribution in [0.4, 0.5) is 13.2 Å². The molecule has 2 aromatic rings. The summed E-state index contributed by atoms with van der Waals surface area (Å²) < 4.78 is 40.4. The number of nitrogens with zero attached hydrogens (tertiary/aromatic N) is 2. The van der Waals surface area contributed by atoms with E-state index in [9.17, 15) is 33.3 Å². The van der Waals surface area contributed by atoms with Gasteiger partial charge in [-0.2, -0.15) is 13.2 Å². The topological polar surface area (TPSA) is 108 Å². The molecular weight excluding hydrogens is 403 g/mol. The largest absolute Gasteiger partial charge is 0.480 e. The Kier molecular flexibility index (Phi) is 7.99. The quantitative estimate of drug-likeness (QED) is 0.432. The molecule has 0 aliphatic rings. The monoisotopic (exact) mass is 429 g/mol. The lowest BCUT2D eigenvalue weighted by Crippen LogP contribution is -2.50. The molecule has 1 aromatic heterocycles. The van der Waals surface area contributed by atoms with E-state index >= 15 is 0 Å².